The van der Waals surface area contributed by atoms with Crippen molar-refractivity contribution in [2.75, 3.05) is 11.6 Å². The first-order valence-corrected chi connectivity index (χ1v) is 9.37. The number of nitrogens with one attached hydrogen (secondary N) is 1. The Kier molecular flexibility index (Phi) is 6.22. The number of carbonyl (C=O) groups is 1. The molecule has 0 bridgehead atoms. The van der Waals surface area contributed by atoms with Crippen molar-refractivity contribution in [2.45, 2.75) is 4.90 Å². The number of benzene rings is 2. The minimum Gasteiger partial charge on any atom is -0.453 e. The van der Waals surface area contributed by atoms with Crippen molar-refractivity contribution in [3.63, 3.8) is 0 Å². The fourth-order valence-corrected chi connectivity index (χ4v) is 2.75. The molecule has 0 spiro atoms. The average molecular weight is 380 g/mol. The molecule has 1 heterocycles. The lowest BCUT2D eigenvalue weighted by Crippen LogP contribution is -2.07. The van der Waals surface area contributed by atoms with E-state index in [1.165, 1.54) is 24.4 Å². The molecule has 0 saturated carbocycles. The molecule has 0 unspecified atom stereocenters. The highest BCUT2D eigenvalue weighted by molar-refractivity contribution is 7.98. The molecule has 0 saturated heterocycles. The van der Waals surface area contributed by atoms with Crippen LogP contribution in [0.2, 0.25) is 0 Å². The van der Waals surface area contributed by atoms with Gasteiger partial charge in [0.25, 0.3) is 0 Å². The molecule has 0 aliphatic carbocycles. The number of nitrogens with zero attached hydrogens (tertiary/aromatic N) is 1. The molecule has 0 atom stereocenters. The molecule has 6 heteroatoms. The maximum atomic E-state index is 14.2. The van der Waals surface area contributed by atoms with E-state index in [0.717, 1.165) is 4.90 Å². The largest absolute Gasteiger partial charge is 0.453 e. The number of rotatable bonds is 6. The van der Waals surface area contributed by atoms with Gasteiger partial charge in [-0.05, 0) is 60.4 Å². The second kappa shape index (κ2) is 9.00. The SMILES string of the molecule is CSc1cccc(NC(=O)/C=C/c2ccc(Oc3cccnc3)c(F)c2)c1. The number of thioether (sulfide) groups is 1. The number of aromatic nitrogens is 1. The predicted octanol–water partition coefficient (Wildman–Crippen LogP) is 5.39. The third kappa shape index (κ3) is 5.43. The van der Waals surface area contributed by atoms with E-state index in [2.05, 4.69) is 10.3 Å². The standard InChI is InChI=1S/C21H17FN2O2S/c1-27-18-6-2-4-16(13-18)24-21(25)10-8-15-7-9-20(19(22)12-15)26-17-5-3-11-23-14-17/h2-14H,1H3,(H,24,25)/b10-8+. The van der Waals surface area contributed by atoms with Gasteiger partial charge in [-0.1, -0.05) is 12.1 Å². The van der Waals surface area contributed by atoms with Crippen LogP contribution >= 0.6 is 11.8 Å². The summed E-state index contributed by atoms with van der Waals surface area (Å²) in [6, 6.07) is 15.4. The normalized spacial score (nSPS) is 10.7. The van der Waals surface area contributed by atoms with Gasteiger partial charge in [-0.15, -0.1) is 11.8 Å². The fourth-order valence-electron chi connectivity index (χ4n) is 2.29. The van der Waals surface area contributed by atoms with Crippen molar-refractivity contribution in [3.05, 3.63) is 84.4 Å². The second-order valence-corrected chi connectivity index (χ2v) is 6.41. The Bertz CT molecular complexity index is 961. The van der Waals surface area contributed by atoms with E-state index in [0.29, 0.717) is 17.0 Å². The molecule has 27 heavy (non-hydrogen) atoms. The van der Waals surface area contributed by atoms with Gasteiger partial charge in [0, 0.05) is 22.9 Å². The van der Waals surface area contributed by atoms with Crippen molar-refractivity contribution in [1.29, 1.82) is 0 Å². The quantitative estimate of drug-likeness (QED) is 0.460. The molecule has 136 valence electrons. The Morgan fingerprint density at radius 2 is 2.07 bits per heavy atom. The number of hydrogen-bond acceptors (Lipinski definition) is 4. The molecule has 2 aromatic carbocycles. The highest BCUT2D eigenvalue weighted by Crippen LogP contribution is 2.25. The molecule has 0 fully saturated rings. The lowest BCUT2D eigenvalue weighted by Gasteiger charge is -2.07. The van der Waals surface area contributed by atoms with E-state index < -0.39 is 5.82 Å². The summed E-state index contributed by atoms with van der Waals surface area (Å²) in [6.07, 6.45) is 7.99. The van der Waals surface area contributed by atoms with Crippen LogP contribution in [0.4, 0.5) is 10.1 Å². The molecule has 0 aliphatic heterocycles. The number of hydrogen-bond donors (Lipinski definition) is 1. The van der Waals surface area contributed by atoms with Gasteiger partial charge < -0.3 is 10.1 Å². The summed E-state index contributed by atoms with van der Waals surface area (Å²) >= 11 is 1.60. The Hall–Kier alpha value is -3.12. The first-order valence-electron chi connectivity index (χ1n) is 8.14. The summed E-state index contributed by atoms with van der Waals surface area (Å²) in [5, 5.41) is 2.78. The number of halogens is 1. The third-order valence-electron chi connectivity index (χ3n) is 3.58. The summed E-state index contributed by atoms with van der Waals surface area (Å²) < 4.78 is 19.7. The average Bonchev–Trinajstić information content (AvgIpc) is 2.69. The summed E-state index contributed by atoms with van der Waals surface area (Å²) in [7, 11) is 0. The van der Waals surface area contributed by atoms with Gasteiger partial charge in [0.05, 0.1) is 6.20 Å². The summed E-state index contributed by atoms with van der Waals surface area (Å²) in [5.41, 5.74) is 1.27. The molecule has 1 amide bonds. The molecule has 0 aliphatic rings. The minimum absolute atomic E-state index is 0.0958. The summed E-state index contributed by atoms with van der Waals surface area (Å²) in [6.45, 7) is 0. The first-order chi connectivity index (χ1) is 13.1. The zero-order valence-electron chi connectivity index (χ0n) is 14.6. The van der Waals surface area contributed by atoms with Gasteiger partial charge >= 0.3 is 0 Å². The molecular weight excluding hydrogens is 363 g/mol. The predicted molar refractivity (Wildman–Crippen MR) is 107 cm³/mol. The minimum atomic E-state index is -0.519. The van der Waals surface area contributed by atoms with E-state index >= 15 is 0 Å². The van der Waals surface area contributed by atoms with Crippen molar-refractivity contribution < 1.29 is 13.9 Å². The number of ether oxygens (including phenoxy) is 1. The van der Waals surface area contributed by atoms with Crippen LogP contribution in [0.15, 0.2) is 78.0 Å². The van der Waals surface area contributed by atoms with Crippen molar-refractivity contribution in [1.82, 2.24) is 4.98 Å². The van der Waals surface area contributed by atoms with E-state index in [1.54, 1.807) is 42.2 Å². The number of pyridine rings is 1. The molecule has 1 aromatic heterocycles. The van der Waals surface area contributed by atoms with E-state index in [9.17, 15) is 9.18 Å². The van der Waals surface area contributed by atoms with Crippen molar-refractivity contribution in [2.24, 2.45) is 0 Å². The summed E-state index contributed by atoms with van der Waals surface area (Å²) in [5.74, 6) is -0.261. The smallest absolute Gasteiger partial charge is 0.248 e. The van der Waals surface area contributed by atoms with E-state index in [4.69, 9.17) is 4.74 Å². The van der Waals surface area contributed by atoms with Crippen LogP contribution in [0, 0.1) is 5.82 Å². The van der Waals surface area contributed by atoms with Gasteiger partial charge in [-0.3, -0.25) is 9.78 Å². The number of amides is 1. The van der Waals surface area contributed by atoms with Crippen LogP contribution in [0.25, 0.3) is 6.08 Å². The van der Waals surface area contributed by atoms with Crippen LogP contribution in [-0.4, -0.2) is 17.1 Å². The molecule has 1 N–H and O–H groups in total. The fraction of sp³-hybridized carbons (Fsp3) is 0.0476. The Labute approximate surface area is 161 Å². The third-order valence-corrected chi connectivity index (χ3v) is 4.31. The Morgan fingerprint density at radius 3 is 2.81 bits per heavy atom. The van der Waals surface area contributed by atoms with Gasteiger partial charge in [-0.25, -0.2) is 4.39 Å². The lowest BCUT2D eigenvalue weighted by molar-refractivity contribution is -0.111. The summed E-state index contributed by atoms with van der Waals surface area (Å²) in [4.78, 5) is 17.0. The monoisotopic (exact) mass is 380 g/mol. The lowest BCUT2D eigenvalue weighted by atomic mass is 10.2. The van der Waals surface area contributed by atoms with Crippen LogP contribution < -0.4 is 10.1 Å². The molecule has 3 aromatic rings. The highest BCUT2D eigenvalue weighted by atomic mass is 32.2. The molecule has 0 radical (unpaired) electrons. The van der Waals surface area contributed by atoms with E-state index in [-0.39, 0.29) is 11.7 Å². The van der Waals surface area contributed by atoms with E-state index in [1.807, 2.05) is 30.5 Å². The zero-order valence-corrected chi connectivity index (χ0v) is 15.4. The molecule has 4 nitrogen and oxygen atoms in total. The van der Waals surface area contributed by atoms with Gasteiger partial charge in [0.15, 0.2) is 11.6 Å². The second-order valence-electron chi connectivity index (χ2n) is 5.54. The van der Waals surface area contributed by atoms with Crippen LogP contribution in [0.1, 0.15) is 5.56 Å². The Morgan fingerprint density at radius 1 is 1.19 bits per heavy atom. The number of carbonyl (C=O) groups excluding carboxylic acids is 1. The van der Waals surface area contributed by atoms with Gasteiger partial charge in [0.1, 0.15) is 5.75 Å². The zero-order chi connectivity index (χ0) is 19.1. The topological polar surface area (TPSA) is 51.2 Å². The van der Waals surface area contributed by atoms with Crippen molar-refractivity contribution >= 4 is 29.4 Å². The Balaban J connectivity index is 1.64. The highest BCUT2D eigenvalue weighted by Gasteiger charge is 2.06. The molecule has 3 rings (SSSR count). The van der Waals surface area contributed by atoms with Crippen molar-refractivity contribution in [3.8, 4) is 11.5 Å². The van der Waals surface area contributed by atoms with Gasteiger partial charge in [-0.2, -0.15) is 0 Å². The maximum Gasteiger partial charge on any atom is 0.248 e. The van der Waals surface area contributed by atoms with Crippen LogP contribution in [-0.2, 0) is 4.79 Å². The maximum absolute atomic E-state index is 14.2. The number of anilines is 1. The molecular formula is C21H17FN2O2S. The first kappa shape index (κ1) is 18.7. The van der Waals surface area contributed by atoms with Gasteiger partial charge in [0.2, 0.25) is 5.91 Å². The van der Waals surface area contributed by atoms with Crippen LogP contribution in [0.5, 0.6) is 11.5 Å². The van der Waals surface area contributed by atoms with Crippen LogP contribution in [0.3, 0.4) is 0 Å².